The smallest absolute Gasteiger partial charge is 0.159 e. The van der Waals surface area contributed by atoms with Crippen LogP contribution in [-0.2, 0) is 0 Å². The van der Waals surface area contributed by atoms with E-state index in [0.717, 1.165) is 11.3 Å². The second kappa shape index (κ2) is 3.33. The fourth-order valence-electron chi connectivity index (χ4n) is 0.669. The highest BCUT2D eigenvalue weighted by Gasteiger charge is 2.00. The fourth-order valence-corrected chi connectivity index (χ4v) is 1.79. The standard InChI is InChI=1S/C8H5BrN2S/c9-8-11-5-7(12-8)6-2-1-3-10-4-6/h1-5H/i1D,2D,3D,4D,5D. The maximum atomic E-state index is 7.73. The molecule has 0 aromatic carbocycles. The van der Waals surface area contributed by atoms with Crippen molar-refractivity contribution in [2.45, 2.75) is 0 Å². The van der Waals surface area contributed by atoms with Crippen LogP contribution in [0.15, 0.2) is 34.5 Å². The van der Waals surface area contributed by atoms with Gasteiger partial charge in [-0.1, -0.05) is 6.04 Å². The van der Waals surface area contributed by atoms with E-state index in [-0.39, 0.29) is 30.0 Å². The van der Waals surface area contributed by atoms with E-state index < -0.39 is 6.17 Å². The molecule has 0 N–H and O–H groups in total. The third-order valence-electron chi connectivity index (χ3n) is 1.13. The molecule has 0 saturated carbocycles. The molecule has 0 aliphatic rings. The van der Waals surface area contributed by atoms with E-state index >= 15 is 0 Å². The molecule has 60 valence electrons. The largest absolute Gasteiger partial charge is 0.264 e. The summed E-state index contributed by atoms with van der Waals surface area (Å²) >= 11 is 4.23. The molecule has 0 aliphatic heterocycles. The zero-order valence-electron chi connectivity index (χ0n) is 10.7. The Morgan fingerprint density at radius 2 is 2.42 bits per heavy atom. The van der Waals surface area contributed by atoms with Gasteiger partial charge in [-0.2, -0.15) is 0 Å². The Hall–Kier alpha value is -0.740. The van der Waals surface area contributed by atoms with Gasteiger partial charge in [-0.3, -0.25) is 4.98 Å². The summed E-state index contributed by atoms with van der Waals surface area (Å²) in [5.41, 5.74) is 0.0826. The van der Waals surface area contributed by atoms with Gasteiger partial charge < -0.3 is 0 Å². The summed E-state index contributed by atoms with van der Waals surface area (Å²) in [6, 6.07) is -0.612. The minimum atomic E-state index is -0.404. The lowest BCUT2D eigenvalue weighted by atomic mass is 10.3. The zero-order chi connectivity index (χ0) is 12.7. The molecule has 2 aromatic rings. The number of nitrogens with zero attached hydrogens (tertiary/aromatic N) is 2. The highest BCUT2D eigenvalue weighted by Crippen LogP contribution is 2.27. The van der Waals surface area contributed by atoms with Crippen molar-refractivity contribution in [2.24, 2.45) is 0 Å². The van der Waals surface area contributed by atoms with E-state index in [9.17, 15) is 0 Å². The molecule has 4 heteroatoms. The van der Waals surface area contributed by atoms with E-state index in [0.29, 0.717) is 8.79 Å². The Bertz CT molecular complexity index is 600. The van der Waals surface area contributed by atoms with E-state index in [1.807, 2.05) is 0 Å². The lowest BCUT2D eigenvalue weighted by Crippen LogP contribution is -1.72. The monoisotopic (exact) mass is 245 g/mol. The van der Waals surface area contributed by atoms with Crippen LogP contribution in [0.4, 0.5) is 0 Å². The van der Waals surface area contributed by atoms with Crippen LogP contribution in [0.2, 0.25) is 0 Å². The molecule has 0 unspecified atom stereocenters. The van der Waals surface area contributed by atoms with Gasteiger partial charge in [0.05, 0.1) is 11.7 Å². The van der Waals surface area contributed by atoms with Crippen molar-refractivity contribution in [1.82, 2.24) is 9.97 Å². The van der Waals surface area contributed by atoms with E-state index in [1.54, 1.807) is 0 Å². The molecule has 2 aromatic heterocycles. The second-order valence-corrected chi connectivity index (χ2v) is 4.14. The van der Waals surface area contributed by atoms with Crippen molar-refractivity contribution in [2.75, 3.05) is 0 Å². The zero-order valence-corrected chi connectivity index (χ0v) is 8.08. The Labute approximate surface area is 89.5 Å². The molecular weight excluding hydrogens is 236 g/mol. The molecule has 2 rings (SSSR count). The van der Waals surface area contributed by atoms with Gasteiger partial charge in [-0.25, -0.2) is 4.98 Å². The van der Waals surface area contributed by atoms with Crippen molar-refractivity contribution in [3.05, 3.63) is 34.5 Å². The molecule has 0 amide bonds. The third kappa shape index (κ3) is 1.54. The molecule has 0 spiro atoms. The van der Waals surface area contributed by atoms with Crippen LogP contribution in [0.5, 0.6) is 0 Å². The highest BCUT2D eigenvalue weighted by atomic mass is 79.9. The summed E-state index contributed by atoms with van der Waals surface area (Å²) in [7, 11) is 0. The maximum absolute atomic E-state index is 7.73. The molecule has 0 bridgehead atoms. The summed E-state index contributed by atoms with van der Waals surface area (Å²) in [6.45, 7) is 0. The number of hydrogen-bond donors (Lipinski definition) is 0. The molecule has 0 atom stereocenters. The first-order valence-corrected chi connectivity index (χ1v) is 4.60. The average Bonchev–Trinajstić information content (AvgIpc) is 2.55. The Morgan fingerprint density at radius 1 is 1.50 bits per heavy atom. The molecule has 2 heterocycles. The molecular formula is C8H5BrN2S. The predicted molar refractivity (Wildman–Crippen MR) is 53.0 cm³/mol. The Balaban J connectivity index is 2.76. The molecule has 0 fully saturated rings. The summed E-state index contributed by atoms with van der Waals surface area (Å²) < 4.78 is 38.3. The molecule has 0 radical (unpaired) electrons. The molecule has 0 saturated heterocycles. The number of aromatic nitrogens is 2. The van der Waals surface area contributed by atoms with Crippen molar-refractivity contribution in [1.29, 1.82) is 0 Å². The minimum Gasteiger partial charge on any atom is -0.264 e. The Kier molecular flexibility index (Phi) is 1.10. The van der Waals surface area contributed by atoms with Crippen molar-refractivity contribution in [3.8, 4) is 10.4 Å². The predicted octanol–water partition coefficient (Wildman–Crippen LogP) is 2.97. The number of hydrogen-bond acceptors (Lipinski definition) is 3. The molecule has 12 heavy (non-hydrogen) atoms. The van der Waals surface area contributed by atoms with Crippen LogP contribution in [-0.4, -0.2) is 9.97 Å². The summed E-state index contributed by atoms with van der Waals surface area (Å²) in [5, 5.41) is 0. The van der Waals surface area contributed by atoms with Gasteiger partial charge in [-0.05, 0) is 22.0 Å². The van der Waals surface area contributed by atoms with Crippen molar-refractivity contribution < 1.29 is 6.85 Å². The number of thiazole rings is 1. The van der Waals surface area contributed by atoms with E-state index in [2.05, 4.69) is 25.9 Å². The lowest BCUT2D eigenvalue weighted by Gasteiger charge is -1.91. The molecule has 0 aliphatic carbocycles. The van der Waals surface area contributed by atoms with Crippen molar-refractivity contribution >= 4 is 27.3 Å². The summed E-state index contributed by atoms with van der Waals surface area (Å²) in [4.78, 5) is 7.70. The Morgan fingerprint density at radius 3 is 3.17 bits per heavy atom. The lowest BCUT2D eigenvalue weighted by molar-refractivity contribution is 1.33. The van der Waals surface area contributed by atoms with Gasteiger partial charge in [0.25, 0.3) is 0 Å². The first-order valence-electron chi connectivity index (χ1n) is 5.49. The van der Waals surface area contributed by atoms with Crippen LogP contribution in [0.3, 0.4) is 0 Å². The highest BCUT2D eigenvalue weighted by molar-refractivity contribution is 9.11. The summed E-state index contributed by atoms with van der Waals surface area (Å²) in [6.07, 6.45) is -0.748. The second-order valence-electron chi connectivity index (χ2n) is 1.87. The van der Waals surface area contributed by atoms with Crippen LogP contribution in [0.25, 0.3) is 10.4 Å². The van der Waals surface area contributed by atoms with Gasteiger partial charge in [0.15, 0.2) is 3.92 Å². The first kappa shape index (κ1) is 3.98. The van der Waals surface area contributed by atoms with Crippen LogP contribution in [0, 0.1) is 0 Å². The van der Waals surface area contributed by atoms with Gasteiger partial charge in [-0.15, -0.1) is 11.3 Å². The van der Waals surface area contributed by atoms with Gasteiger partial charge >= 0.3 is 0 Å². The SMILES string of the molecule is [2H]c1nc(Br)sc1-c1c([2H])nc([2H])c([2H])c1[2H]. The number of rotatable bonds is 1. The average molecular weight is 246 g/mol. The number of halogens is 1. The van der Waals surface area contributed by atoms with Crippen molar-refractivity contribution in [3.63, 3.8) is 0 Å². The van der Waals surface area contributed by atoms with E-state index in [1.165, 1.54) is 0 Å². The van der Waals surface area contributed by atoms with Crippen LogP contribution in [0.1, 0.15) is 6.85 Å². The topological polar surface area (TPSA) is 25.8 Å². The van der Waals surface area contributed by atoms with Crippen LogP contribution < -0.4 is 0 Å². The van der Waals surface area contributed by atoms with Gasteiger partial charge in [0.2, 0.25) is 0 Å². The van der Waals surface area contributed by atoms with Gasteiger partial charge in [0, 0.05) is 24.1 Å². The molecule has 2 nitrogen and oxygen atoms in total. The fraction of sp³-hybridized carbons (Fsp3) is 0. The van der Waals surface area contributed by atoms with Crippen LogP contribution >= 0.6 is 27.3 Å². The number of pyridine rings is 1. The maximum Gasteiger partial charge on any atom is 0.159 e. The minimum absolute atomic E-state index is 0.0668. The first-order chi connectivity index (χ1) is 7.91. The summed E-state index contributed by atoms with van der Waals surface area (Å²) in [5.74, 6) is 0. The van der Waals surface area contributed by atoms with Gasteiger partial charge in [0.1, 0.15) is 0 Å². The third-order valence-corrected chi connectivity index (χ3v) is 2.55. The normalized spacial score (nSPS) is 15.9. The quantitative estimate of drug-likeness (QED) is 0.773. The van der Waals surface area contributed by atoms with E-state index in [4.69, 9.17) is 6.85 Å².